The van der Waals surface area contributed by atoms with Gasteiger partial charge in [-0.3, -0.25) is 4.68 Å². The molecule has 0 aliphatic rings. The van der Waals surface area contributed by atoms with Crippen molar-refractivity contribution in [1.82, 2.24) is 9.78 Å². The monoisotopic (exact) mass is 253 g/mol. The molecule has 1 aromatic carbocycles. The van der Waals surface area contributed by atoms with Crippen LogP contribution in [0.1, 0.15) is 22.9 Å². The van der Waals surface area contributed by atoms with Crippen LogP contribution in [0.2, 0.25) is 5.02 Å². The number of benzene rings is 1. The van der Waals surface area contributed by atoms with Gasteiger partial charge in [0, 0.05) is 12.6 Å². The second kappa shape index (κ2) is 4.47. The molecular formula is C12H13ClFN3. The number of hydrogen-bond acceptors (Lipinski definition) is 2. The summed E-state index contributed by atoms with van der Waals surface area (Å²) in [6.07, 6.45) is 1.50. The highest BCUT2D eigenvalue weighted by Gasteiger charge is 2.20. The van der Waals surface area contributed by atoms with E-state index in [2.05, 4.69) is 5.10 Å². The van der Waals surface area contributed by atoms with Crippen molar-refractivity contribution in [3.8, 4) is 0 Å². The van der Waals surface area contributed by atoms with Crippen LogP contribution in [0.25, 0.3) is 0 Å². The molecule has 0 saturated heterocycles. The molecule has 1 aromatic heterocycles. The van der Waals surface area contributed by atoms with Crippen LogP contribution in [0.3, 0.4) is 0 Å². The van der Waals surface area contributed by atoms with Gasteiger partial charge in [0.05, 0.1) is 23.0 Å². The molecule has 0 radical (unpaired) electrons. The molecule has 1 unspecified atom stereocenters. The Morgan fingerprint density at radius 3 is 2.76 bits per heavy atom. The highest BCUT2D eigenvalue weighted by atomic mass is 35.5. The zero-order chi connectivity index (χ0) is 12.6. The quantitative estimate of drug-likeness (QED) is 0.894. The molecule has 0 fully saturated rings. The van der Waals surface area contributed by atoms with Crippen LogP contribution in [-0.4, -0.2) is 9.78 Å². The van der Waals surface area contributed by atoms with Crippen molar-refractivity contribution in [1.29, 1.82) is 0 Å². The van der Waals surface area contributed by atoms with Gasteiger partial charge in [-0.05, 0) is 12.5 Å². The Bertz CT molecular complexity index is 531. The van der Waals surface area contributed by atoms with Gasteiger partial charge in [-0.2, -0.15) is 5.10 Å². The van der Waals surface area contributed by atoms with Gasteiger partial charge in [-0.25, -0.2) is 4.39 Å². The lowest BCUT2D eigenvalue weighted by Gasteiger charge is -2.15. The zero-order valence-corrected chi connectivity index (χ0v) is 10.4. The number of halogens is 2. The van der Waals surface area contributed by atoms with Crippen molar-refractivity contribution >= 4 is 11.6 Å². The van der Waals surface area contributed by atoms with Crippen molar-refractivity contribution in [2.24, 2.45) is 12.8 Å². The maximum atomic E-state index is 14.0. The predicted molar refractivity (Wildman–Crippen MR) is 65.4 cm³/mol. The molecule has 1 heterocycles. The summed E-state index contributed by atoms with van der Waals surface area (Å²) in [6.45, 7) is 1.70. The third-order valence-electron chi connectivity index (χ3n) is 2.79. The molecule has 0 bridgehead atoms. The summed E-state index contributed by atoms with van der Waals surface area (Å²) in [5, 5.41) is 4.44. The highest BCUT2D eigenvalue weighted by molar-refractivity contribution is 6.31. The van der Waals surface area contributed by atoms with E-state index >= 15 is 0 Å². The zero-order valence-electron chi connectivity index (χ0n) is 9.61. The fraction of sp³-hybridized carbons (Fsp3) is 0.250. The number of aryl methyl sites for hydroxylation is 2. The predicted octanol–water partition coefficient (Wildman–Crippen LogP) is 2.57. The largest absolute Gasteiger partial charge is 0.319 e. The lowest BCUT2D eigenvalue weighted by atomic mass is 10.0. The molecule has 90 valence electrons. The van der Waals surface area contributed by atoms with Gasteiger partial charge in [0.15, 0.2) is 0 Å². The van der Waals surface area contributed by atoms with Crippen LogP contribution in [0.4, 0.5) is 4.39 Å². The topological polar surface area (TPSA) is 43.8 Å². The maximum Gasteiger partial charge on any atom is 0.131 e. The van der Waals surface area contributed by atoms with Gasteiger partial charge in [0.25, 0.3) is 0 Å². The molecule has 0 spiro atoms. The van der Waals surface area contributed by atoms with E-state index in [0.717, 1.165) is 0 Å². The van der Waals surface area contributed by atoms with Crippen LogP contribution in [0, 0.1) is 12.7 Å². The van der Waals surface area contributed by atoms with E-state index in [1.54, 1.807) is 36.9 Å². The van der Waals surface area contributed by atoms with Crippen molar-refractivity contribution in [3.63, 3.8) is 0 Å². The third kappa shape index (κ3) is 2.06. The summed E-state index contributed by atoms with van der Waals surface area (Å²) in [5.41, 5.74) is 7.65. The summed E-state index contributed by atoms with van der Waals surface area (Å²) < 4.78 is 15.5. The van der Waals surface area contributed by atoms with Crippen molar-refractivity contribution < 1.29 is 4.39 Å². The van der Waals surface area contributed by atoms with Crippen LogP contribution >= 0.6 is 11.6 Å². The standard InChI is InChI=1S/C12H13ClFN3/c1-7-4-3-5-8(10(7)14)11(15)12-9(13)6-16-17(12)2/h3-6,11H,15H2,1-2H3. The van der Waals surface area contributed by atoms with E-state index in [-0.39, 0.29) is 5.82 Å². The summed E-state index contributed by atoms with van der Waals surface area (Å²) in [6, 6.07) is 4.53. The Labute approximate surface area is 104 Å². The second-order valence-corrected chi connectivity index (χ2v) is 4.36. The molecule has 2 rings (SSSR count). The van der Waals surface area contributed by atoms with Crippen LogP contribution < -0.4 is 5.73 Å². The molecule has 0 aliphatic heterocycles. The minimum Gasteiger partial charge on any atom is -0.319 e. The molecule has 1 atom stereocenters. The summed E-state index contributed by atoms with van der Waals surface area (Å²) in [4.78, 5) is 0. The molecule has 3 nitrogen and oxygen atoms in total. The van der Waals surface area contributed by atoms with Crippen LogP contribution in [0.5, 0.6) is 0 Å². The van der Waals surface area contributed by atoms with Gasteiger partial charge in [-0.1, -0.05) is 29.8 Å². The van der Waals surface area contributed by atoms with E-state index in [4.69, 9.17) is 17.3 Å². The van der Waals surface area contributed by atoms with Crippen molar-refractivity contribution in [2.45, 2.75) is 13.0 Å². The Morgan fingerprint density at radius 1 is 1.47 bits per heavy atom. The number of rotatable bonds is 2. The molecule has 0 amide bonds. The Balaban J connectivity index is 2.51. The molecule has 2 aromatic rings. The van der Waals surface area contributed by atoms with E-state index in [9.17, 15) is 4.39 Å². The van der Waals surface area contributed by atoms with Gasteiger partial charge >= 0.3 is 0 Å². The lowest BCUT2D eigenvalue weighted by Crippen LogP contribution is -2.18. The van der Waals surface area contributed by atoms with E-state index in [1.807, 2.05) is 0 Å². The minimum atomic E-state index is -0.616. The Hall–Kier alpha value is -1.39. The third-order valence-corrected chi connectivity index (χ3v) is 3.08. The summed E-state index contributed by atoms with van der Waals surface area (Å²) in [5.74, 6) is -0.294. The smallest absolute Gasteiger partial charge is 0.131 e. The normalized spacial score (nSPS) is 12.8. The summed E-state index contributed by atoms with van der Waals surface area (Å²) in [7, 11) is 1.73. The minimum absolute atomic E-state index is 0.294. The van der Waals surface area contributed by atoms with Crippen LogP contribution in [0.15, 0.2) is 24.4 Å². The molecular weight excluding hydrogens is 241 g/mol. The first-order valence-electron chi connectivity index (χ1n) is 5.20. The fourth-order valence-electron chi connectivity index (χ4n) is 1.83. The first-order chi connectivity index (χ1) is 8.02. The van der Waals surface area contributed by atoms with Gasteiger partial charge in [0.1, 0.15) is 5.82 Å². The highest BCUT2D eigenvalue weighted by Crippen LogP contribution is 2.28. The lowest BCUT2D eigenvalue weighted by molar-refractivity contribution is 0.579. The molecule has 0 saturated carbocycles. The number of aromatic nitrogens is 2. The first kappa shape index (κ1) is 12.1. The first-order valence-corrected chi connectivity index (χ1v) is 5.58. The van der Waals surface area contributed by atoms with Gasteiger partial charge in [0.2, 0.25) is 0 Å². The SMILES string of the molecule is Cc1cccc(C(N)c2c(Cl)cnn2C)c1F. The maximum absolute atomic E-state index is 14.0. The van der Waals surface area contributed by atoms with E-state index < -0.39 is 6.04 Å². The number of nitrogens with zero attached hydrogens (tertiary/aromatic N) is 2. The fourth-order valence-corrected chi connectivity index (χ4v) is 2.11. The van der Waals surface area contributed by atoms with E-state index in [1.165, 1.54) is 6.20 Å². The Kier molecular flexibility index (Phi) is 3.17. The molecule has 2 N–H and O–H groups in total. The van der Waals surface area contributed by atoms with E-state index in [0.29, 0.717) is 21.8 Å². The van der Waals surface area contributed by atoms with Crippen molar-refractivity contribution in [3.05, 3.63) is 52.1 Å². The molecule has 0 aliphatic carbocycles. The average Bonchev–Trinajstić information content (AvgIpc) is 2.62. The molecule has 5 heteroatoms. The summed E-state index contributed by atoms with van der Waals surface area (Å²) >= 11 is 6.00. The van der Waals surface area contributed by atoms with Crippen LogP contribution in [-0.2, 0) is 7.05 Å². The number of hydrogen-bond donors (Lipinski definition) is 1. The van der Waals surface area contributed by atoms with Crippen molar-refractivity contribution in [2.75, 3.05) is 0 Å². The van der Waals surface area contributed by atoms with Gasteiger partial charge < -0.3 is 5.73 Å². The average molecular weight is 254 g/mol. The molecule has 17 heavy (non-hydrogen) atoms. The number of nitrogens with two attached hydrogens (primary N) is 1. The second-order valence-electron chi connectivity index (χ2n) is 3.96. The van der Waals surface area contributed by atoms with Gasteiger partial charge in [-0.15, -0.1) is 0 Å². The Morgan fingerprint density at radius 2 is 2.18 bits per heavy atom.